The van der Waals surface area contributed by atoms with Gasteiger partial charge in [-0.1, -0.05) is 25.8 Å². The Balaban J connectivity index is 2.63. The molecule has 128 valence electrons. The molecule has 0 atom stereocenters. The average Bonchev–Trinajstić information content (AvgIpc) is 2.48. The number of fused-ring (bicyclic) bond motifs is 1. The van der Waals surface area contributed by atoms with Crippen LogP contribution in [0.15, 0.2) is 17.0 Å². The zero-order valence-corrected chi connectivity index (χ0v) is 17.2. The molecule has 23 heavy (non-hydrogen) atoms. The van der Waals surface area contributed by atoms with Crippen molar-refractivity contribution in [3.8, 4) is 0 Å². The van der Waals surface area contributed by atoms with Gasteiger partial charge >= 0.3 is 0 Å². The van der Waals surface area contributed by atoms with Crippen LogP contribution in [0.2, 0.25) is 0 Å². The van der Waals surface area contributed by atoms with Crippen LogP contribution in [0, 0.1) is 34.6 Å². The lowest BCUT2D eigenvalue weighted by Gasteiger charge is -2.35. The molecule has 2 aromatic carbocycles. The minimum absolute atomic E-state index is 0.713. The fourth-order valence-corrected chi connectivity index (χ4v) is 6.32. The van der Waals surface area contributed by atoms with Gasteiger partial charge in [-0.3, -0.25) is 0 Å². The predicted molar refractivity (Wildman–Crippen MR) is 110 cm³/mol. The molecule has 0 heterocycles. The molecule has 0 aliphatic heterocycles. The van der Waals surface area contributed by atoms with E-state index in [-0.39, 0.29) is 0 Å². The maximum Gasteiger partial charge on any atom is -0.00654 e. The predicted octanol–water partition coefficient (Wildman–Crippen LogP) is 7.00. The van der Waals surface area contributed by atoms with Crippen molar-refractivity contribution < 1.29 is 0 Å². The van der Waals surface area contributed by atoms with Crippen LogP contribution in [0.25, 0.3) is 10.8 Å². The number of benzene rings is 2. The maximum absolute atomic E-state index is 2.51. The van der Waals surface area contributed by atoms with Gasteiger partial charge in [0.1, 0.15) is 0 Å². The van der Waals surface area contributed by atoms with E-state index < -0.39 is 10.0 Å². The van der Waals surface area contributed by atoms with Gasteiger partial charge in [-0.2, -0.15) is 0 Å². The highest BCUT2D eigenvalue weighted by atomic mass is 32.3. The highest BCUT2D eigenvalue weighted by molar-refractivity contribution is 8.32. The molecule has 0 bridgehead atoms. The molecule has 0 spiro atoms. The third-order valence-corrected chi connectivity index (χ3v) is 8.56. The second-order valence-corrected chi connectivity index (χ2v) is 11.5. The van der Waals surface area contributed by atoms with Gasteiger partial charge in [0.05, 0.1) is 0 Å². The van der Waals surface area contributed by atoms with Crippen molar-refractivity contribution in [2.75, 3.05) is 18.3 Å². The minimum atomic E-state index is -0.713. The molecule has 2 aromatic rings. The minimum Gasteiger partial charge on any atom is -0.220 e. The van der Waals surface area contributed by atoms with E-state index in [2.05, 4.69) is 66.2 Å². The van der Waals surface area contributed by atoms with Crippen LogP contribution in [-0.4, -0.2) is 18.3 Å². The van der Waals surface area contributed by atoms with Crippen LogP contribution < -0.4 is 0 Å². The first kappa shape index (κ1) is 18.4. The van der Waals surface area contributed by atoms with Gasteiger partial charge in [-0.05, 0) is 109 Å². The lowest BCUT2D eigenvalue weighted by molar-refractivity contribution is 0.776. The summed E-state index contributed by atoms with van der Waals surface area (Å²) in [5.74, 6) is 1.36. The summed E-state index contributed by atoms with van der Waals surface area (Å²) < 4.78 is 0. The van der Waals surface area contributed by atoms with Crippen LogP contribution in [0.3, 0.4) is 0 Å². The molecule has 0 aliphatic rings. The molecule has 0 aromatic heterocycles. The highest BCUT2D eigenvalue weighted by Crippen LogP contribution is 2.53. The fourth-order valence-electron chi connectivity index (χ4n) is 3.74. The summed E-state index contributed by atoms with van der Waals surface area (Å²) >= 11 is 0. The lowest BCUT2D eigenvalue weighted by Crippen LogP contribution is -2.06. The number of aryl methyl sites for hydroxylation is 3. The molecule has 0 fully saturated rings. The van der Waals surface area contributed by atoms with Crippen LogP contribution >= 0.6 is 10.0 Å². The van der Waals surface area contributed by atoms with E-state index in [4.69, 9.17) is 0 Å². The Morgan fingerprint density at radius 2 is 1.39 bits per heavy atom. The van der Waals surface area contributed by atoms with E-state index in [0.717, 1.165) is 0 Å². The van der Waals surface area contributed by atoms with Crippen LogP contribution in [0.4, 0.5) is 0 Å². The van der Waals surface area contributed by atoms with Gasteiger partial charge in [-0.25, -0.2) is 10.0 Å². The summed E-state index contributed by atoms with van der Waals surface area (Å²) in [4.78, 5) is 1.63. The number of rotatable bonds is 5. The summed E-state index contributed by atoms with van der Waals surface area (Å²) in [6.07, 6.45) is 9.04. The van der Waals surface area contributed by atoms with Crippen molar-refractivity contribution in [1.82, 2.24) is 0 Å². The molecule has 0 saturated heterocycles. The SMILES string of the molecule is CCCCCS(C)(C)c1cc2cc(C)c(C)c(C)c2c(C)c1C. The number of hydrogen-bond acceptors (Lipinski definition) is 0. The highest BCUT2D eigenvalue weighted by Gasteiger charge is 2.20. The second kappa shape index (κ2) is 6.89. The Kier molecular flexibility index (Phi) is 5.51. The average molecular weight is 331 g/mol. The van der Waals surface area contributed by atoms with E-state index in [1.54, 1.807) is 4.90 Å². The van der Waals surface area contributed by atoms with Gasteiger partial charge in [0.25, 0.3) is 0 Å². The molecule has 0 radical (unpaired) electrons. The Morgan fingerprint density at radius 1 is 0.783 bits per heavy atom. The van der Waals surface area contributed by atoms with Gasteiger partial charge in [0.15, 0.2) is 0 Å². The Labute approximate surface area is 145 Å². The maximum atomic E-state index is 2.51. The molecule has 1 heteroatoms. The van der Waals surface area contributed by atoms with Crippen molar-refractivity contribution in [3.05, 3.63) is 39.9 Å². The molecular formula is C22H34S. The Hall–Kier alpha value is -0.950. The molecule has 0 N–H and O–H groups in total. The van der Waals surface area contributed by atoms with Crippen molar-refractivity contribution >= 4 is 20.8 Å². The van der Waals surface area contributed by atoms with Crippen molar-refractivity contribution in [2.45, 2.75) is 65.7 Å². The van der Waals surface area contributed by atoms with Crippen molar-refractivity contribution in [3.63, 3.8) is 0 Å². The molecule has 0 unspecified atom stereocenters. The third-order valence-electron chi connectivity index (χ3n) is 5.64. The van der Waals surface area contributed by atoms with Gasteiger partial charge in [-0.15, -0.1) is 0 Å². The molecule has 0 saturated carbocycles. The Morgan fingerprint density at radius 3 is 2.00 bits per heavy atom. The van der Waals surface area contributed by atoms with E-state index in [9.17, 15) is 0 Å². The molecule has 0 amide bonds. The zero-order valence-electron chi connectivity index (χ0n) is 16.4. The topological polar surface area (TPSA) is 0 Å². The molecule has 2 rings (SSSR count). The van der Waals surface area contributed by atoms with Gasteiger partial charge < -0.3 is 0 Å². The lowest BCUT2D eigenvalue weighted by atomic mass is 9.92. The summed E-state index contributed by atoms with van der Waals surface area (Å²) in [6.45, 7) is 13.7. The van der Waals surface area contributed by atoms with E-state index >= 15 is 0 Å². The number of hydrogen-bond donors (Lipinski definition) is 0. The first-order chi connectivity index (χ1) is 10.7. The van der Waals surface area contributed by atoms with Crippen LogP contribution in [0.5, 0.6) is 0 Å². The quantitative estimate of drug-likeness (QED) is 0.518. The third kappa shape index (κ3) is 3.45. The monoisotopic (exact) mass is 330 g/mol. The van der Waals surface area contributed by atoms with Crippen LogP contribution in [-0.2, 0) is 0 Å². The first-order valence-corrected chi connectivity index (χ1v) is 11.5. The van der Waals surface area contributed by atoms with Gasteiger partial charge in [0.2, 0.25) is 0 Å². The van der Waals surface area contributed by atoms with Crippen LogP contribution in [0.1, 0.15) is 54.0 Å². The summed E-state index contributed by atoms with van der Waals surface area (Å²) in [5.41, 5.74) is 7.35. The standard InChI is InChI=1S/C22H34S/c1-9-10-11-12-23(7,8)21-14-20-13-15(2)16(3)18(5)22(20)19(6)17(21)4/h13-14H,9-12H2,1-8H3. The zero-order chi connectivity index (χ0) is 17.4. The van der Waals surface area contributed by atoms with Crippen molar-refractivity contribution in [2.24, 2.45) is 0 Å². The smallest absolute Gasteiger partial charge is 0.00654 e. The van der Waals surface area contributed by atoms with E-state index in [0.29, 0.717) is 0 Å². The summed E-state index contributed by atoms with van der Waals surface area (Å²) in [6, 6.07) is 4.91. The fraction of sp³-hybridized carbons (Fsp3) is 0.545. The number of unbranched alkanes of at least 4 members (excludes halogenated alkanes) is 2. The van der Waals surface area contributed by atoms with E-state index in [1.807, 2.05) is 0 Å². The molecule has 0 nitrogen and oxygen atoms in total. The second-order valence-electron chi connectivity index (χ2n) is 7.62. The largest absolute Gasteiger partial charge is 0.220 e. The van der Waals surface area contributed by atoms with Crippen molar-refractivity contribution in [1.29, 1.82) is 0 Å². The molecular weight excluding hydrogens is 296 g/mol. The summed E-state index contributed by atoms with van der Waals surface area (Å²) in [7, 11) is -0.713. The normalized spacial score (nSPS) is 12.9. The van der Waals surface area contributed by atoms with E-state index in [1.165, 1.54) is 63.6 Å². The Bertz CT molecular complexity index is 723. The summed E-state index contributed by atoms with van der Waals surface area (Å²) in [5, 5.41) is 2.93. The molecule has 0 aliphatic carbocycles. The first-order valence-electron chi connectivity index (χ1n) is 8.92. The van der Waals surface area contributed by atoms with Gasteiger partial charge in [0, 0.05) is 0 Å².